The molecule has 1 fully saturated rings. The van der Waals surface area contributed by atoms with Crippen LogP contribution in [0.15, 0.2) is 17.1 Å². The summed E-state index contributed by atoms with van der Waals surface area (Å²) in [6.07, 6.45) is 1.18. The first-order chi connectivity index (χ1) is 7.28. The lowest BCUT2D eigenvalue weighted by Gasteiger charge is -2.04. The Morgan fingerprint density at radius 1 is 1.53 bits per heavy atom. The molecule has 0 spiro atoms. The predicted molar refractivity (Wildman–Crippen MR) is 69.9 cm³/mol. The molecule has 1 unspecified atom stereocenters. The second kappa shape index (κ2) is 5.03. The minimum atomic E-state index is 0.624. The monoisotopic (exact) mass is 240 g/mol. The first kappa shape index (κ1) is 11.0. The van der Waals surface area contributed by atoms with Crippen molar-refractivity contribution in [2.24, 2.45) is 4.99 Å². The maximum Gasteiger partial charge on any atom is 0.157 e. The van der Waals surface area contributed by atoms with Gasteiger partial charge in [0.05, 0.1) is 6.54 Å². The fraction of sp³-hybridized carbons (Fsp3) is 0.545. The van der Waals surface area contributed by atoms with E-state index in [1.54, 1.807) is 0 Å². The van der Waals surface area contributed by atoms with Gasteiger partial charge >= 0.3 is 0 Å². The van der Waals surface area contributed by atoms with E-state index < -0.39 is 0 Å². The molecule has 0 aromatic carbocycles. The highest BCUT2D eigenvalue weighted by molar-refractivity contribution is 8.14. The van der Waals surface area contributed by atoms with Crippen molar-refractivity contribution in [2.45, 2.75) is 32.9 Å². The number of thioether (sulfide) groups is 1. The topological polar surface area (TPSA) is 24.4 Å². The molecule has 1 aromatic heterocycles. The molecule has 2 nitrogen and oxygen atoms in total. The zero-order valence-electron chi connectivity index (χ0n) is 9.12. The summed E-state index contributed by atoms with van der Waals surface area (Å²) in [4.78, 5) is 7.30. The average Bonchev–Trinajstić information content (AvgIpc) is 2.83. The van der Waals surface area contributed by atoms with Crippen molar-refractivity contribution in [3.8, 4) is 0 Å². The van der Waals surface area contributed by atoms with Gasteiger partial charge in [0.25, 0.3) is 0 Å². The summed E-state index contributed by atoms with van der Waals surface area (Å²) in [6.45, 7) is 5.17. The van der Waals surface area contributed by atoms with Gasteiger partial charge in [-0.25, -0.2) is 0 Å². The predicted octanol–water partition coefficient (Wildman–Crippen LogP) is 3.03. The molecule has 0 amide bonds. The Balaban J connectivity index is 1.89. The van der Waals surface area contributed by atoms with Crippen LogP contribution in [0.25, 0.3) is 0 Å². The van der Waals surface area contributed by atoms with Gasteiger partial charge < -0.3 is 5.32 Å². The SMILES string of the molecule is CCC1CSC(=NCc2ccc(C)s2)N1. The van der Waals surface area contributed by atoms with Crippen LogP contribution in [0.4, 0.5) is 0 Å². The number of hydrogen-bond donors (Lipinski definition) is 1. The Kier molecular flexibility index (Phi) is 3.70. The lowest BCUT2D eigenvalue weighted by molar-refractivity contribution is 0.667. The third-order valence-corrected chi connectivity index (χ3v) is 4.49. The minimum Gasteiger partial charge on any atom is -0.361 e. The third kappa shape index (κ3) is 2.98. The number of aliphatic imine (C=N–C) groups is 1. The molecule has 0 bridgehead atoms. The van der Waals surface area contributed by atoms with Gasteiger partial charge in [0.1, 0.15) is 0 Å². The van der Waals surface area contributed by atoms with Gasteiger partial charge in [0, 0.05) is 21.5 Å². The van der Waals surface area contributed by atoms with Crippen molar-refractivity contribution in [1.82, 2.24) is 5.32 Å². The molecule has 1 atom stereocenters. The standard InChI is InChI=1S/C11H16N2S2/c1-3-9-7-14-11(13-9)12-6-10-5-4-8(2)15-10/h4-5,9H,3,6-7H2,1-2H3,(H,12,13). The van der Waals surface area contributed by atoms with Crippen LogP contribution in [0.1, 0.15) is 23.1 Å². The van der Waals surface area contributed by atoms with Crippen LogP contribution in [-0.4, -0.2) is 17.0 Å². The largest absolute Gasteiger partial charge is 0.361 e. The van der Waals surface area contributed by atoms with Gasteiger partial charge in [-0.05, 0) is 25.5 Å². The summed E-state index contributed by atoms with van der Waals surface area (Å²) in [7, 11) is 0. The Bertz CT molecular complexity index is 357. The van der Waals surface area contributed by atoms with Crippen molar-refractivity contribution < 1.29 is 0 Å². The normalized spacial score (nSPS) is 23.3. The highest BCUT2D eigenvalue weighted by Crippen LogP contribution is 2.19. The van der Waals surface area contributed by atoms with Crippen LogP contribution < -0.4 is 5.32 Å². The van der Waals surface area contributed by atoms with Crippen LogP contribution >= 0.6 is 23.1 Å². The minimum absolute atomic E-state index is 0.624. The van der Waals surface area contributed by atoms with E-state index in [0.717, 1.165) is 11.7 Å². The second-order valence-electron chi connectivity index (χ2n) is 3.69. The maximum absolute atomic E-state index is 4.58. The molecule has 1 N–H and O–H groups in total. The van der Waals surface area contributed by atoms with E-state index >= 15 is 0 Å². The second-order valence-corrected chi connectivity index (χ2v) is 6.08. The lowest BCUT2D eigenvalue weighted by Crippen LogP contribution is -2.25. The van der Waals surface area contributed by atoms with E-state index in [-0.39, 0.29) is 0 Å². The number of thiophene rings is 1. The molecule has 1 saturated heterocycles. The maximum atomic E-state index is 4.58. The van der Waals surface area contributed by atoms with E-state index in [1.807, 2.05) is 23.1 Å². The Morgan fingerprint density at radius 2 is 2.40 bits per heavy atom. The molecule has 0 aliphatic carbocycles. The number of rotatable bonds is 3. The molecular weight excluding hydrogens is 224 g/mol. The molecule has 0 radical (unpaired) electrons. The summed E-state index contributed by atoms with van der Waals surface area (Å²) in [5, 5.41) is 4.55. The molecule has 82 valence electrons. The van der Waals surface area contributed by atoms with Crippen molar-refractivity contribution in [3.63, 3.8) is 0 Å². The van der Waals surface area contributed by atoms with Crippen molar-refractivity contribution in [3.05, 3.63) is 21.9 Å². The Hall–Kier alpha value is -0.480. The first-order valence-corrected chi connectivity index (χ1v) is 7.07. The number of hydrogen-bond acceptors (Lipinski definition) is 3. The molecule has 1 aliphatic heterocycles. The van der Waals surface area contributed by atoms with Gasteiger partial charge in [0.2, 0.25) is 0 Å². The van der Waals surface area contributed by atoms with Gasteiger partial charge in [-0.2, -0.15) is 0 Å². The zero-order valence-corrected chi connectivity index (χ0v) is 10.8. The van der Waals surface area contributed by atoms with Crippen LogP contribution in [0.3, 0.4) is 0 Å². The summed E-state index contributed by atoms with van der Waals surface area (Å²) in [5.41, 5.74) is 0. The van der Waals surface area contributed by atoms with E-state index in [4.69, 9.17) is 0 Å². The molecule has 1 aliphatic rings. The number of nitrogens with one attached hydrogen (secondary N) is 1. The van der Waals surface area contributed by atoms with E-state index in [2.05, 4.69) is 36.3 Å². The molecular formula is C11H16N2S2. The summed E-state index contributed by atoms with van der Waals surface area (Å²) < 4.78 is 0. The Labute approximate surface area is 99.2 Å². The van der Waals surface area contributed by atoms with Crippen molar-refractivity contribution in [1.29, 1.82) is 0 Å². The smallest absolute Gasteiger partial charge is 0.157 e. The van der Waals surface area contributed by atoms with Crippen LogP contribution in [0, 0.1) is 6.92 Å². The van der Waals surface area contributed by atoms with Crippen LogP contribution in [0.5, 0.6) is 0 Å². The molecule has 2 rings (SSSR count). The van der Waals surface area contributed by atoms with Crippen LogP contribution in [0.2, 0.25) is 0 Å². The number of amidine groups is 1. The number of aryl methyl sites for hydroxylation is 1. The van der Waals surface area contributed by atoms with E-state index in [0.29, 0.717) is 6.04 Å². The Morgan fingerprint density at radius 3 is 3.00 bits per heavy atom. The fourth-order valence-electron chi connectivity index (χ4n) is 1.47. The van der Waals surface area contributed by atoms with Crippen molar-refractivity contribution in [2.75, 3.05) is 5.75 Å². The average molecular weight is 240 g/mol. The summed E-state index contributed by atoms with van der Waals surface area (Å²) >= 11 is 3.68. The third-order valence-electron chi connectivity index (χ3n) is 2.42. The van der Waals surface area contributed by atoms with E-state index in [9.17, 15) is 0 Å². The molecule has 4 heteroatoms. The quantitative estimate of drug-likeness (QED) is 0.878. The molecule has 2 heterocycles. The van der Waals surface area contributed by atoms with Gasteiger partial charge in [0.15, 0.2) is 5.17 Å². The van der Waals surface area contributed by atoms with Gasteiger partial charge in [-0.15, -0.1) is 11.3 Å². The summed E-state index contributed by atoms with van der Waals surface area (Å²) in [5.74, 6) is 1.17. The molecule has 1 aromatic rings. The summed E-state index contributed by atoms with van der Waals surface area (Å²) in [6, 6.07) is 4.95. The first-order valence-electron chi connectivity index (χ1n) is 5.27. The van der Waals surface area contributed by atoms with Crippen molar-refractivity contribution >= 4 is 28.3 Å². The molecule has 15 heavy (non-hydrogen) atoms. The fourth-order valence-corrected chi connectivity index (χ4v) is 3.37. The lowest BCUT2D eigenvalue weighted by atomic mass is 10.3. The van der Waals surface area contributed by atoms with Gasteiger partial charge in [-0.3, -0.25) is 4.99 Å². The van der Waals surface area contributed by atoms with Crippen LogP contribution in [-0.2, 0) is 6.54 Å². The zero-order chi connectivity index (χ0) is 10.7. The highest BCUT2D eigenvalue weighted by Gasteiger charge is 2.17. The highest BCUT2D eigenvalue weighted by atomic mass is 32.2. The van der Waals surface area contributed by atoms with Gasteiger partial charge in [-0.1, -0.05) is 18.7 Å². The number of nitrogens with zero attached hydrogens (tertiary/aromatic N) is 1. The molecule has 0 saturated carbocycles. The van der Waals surface area contributed by atoms with E-state index in [1.165, 1.54) is 21.9 Å².